The zero-order valence-corrected chi connectivity index (χ0v) is 15.5. The van der Waals surface area contributed by atoms with Gasteiger partial charge >= 0.3 is 5.97 Å². The van der Waals surface area contributed by atoms with Crippen molar-refractivity contribution in [3.05, 3.63) is 88.1 Å². The van der Waals surface area contributed by atoms with Crippen LogP contribution in [0.1, 0.15) is 15.9 Å². The number of aromatic nitrogens is 1. The van der Waals surface area contributed by atoms with E-state index in [0.29, 0.717) is 38.0 Å². The van der Waals surface area contributed by atoms with Crippen LogP contribution in [-0.4, -0.2) is 11.0 Å². The number of hydrogen-bond donors (Lipinski definition) is 0. The Bertz CT molecular complexity index is 1120. The summed E-state index contributed by atoms with van der Waals surface area (Å²) in [5.74, 6) is 0.131. The highest BCUT2D eigenvalue weighted by molar-refractivity contribution is 6.42. The van der Waals surface area contributed by atoms with Crippen molar-refractivity contribution >= 4 is 40.1 Å². The van der Waals surface area contributed by atoms with E-state index in [1.54, 1.807) is 42.7 Å². The molecule has 134 valence electrons. The van der Waals surface area contributed by atoms with E-state index in [0.717, 1.165) is 5.56 Å². The van der Waals surface area contributed by atoms with Crippen LogP contribution in [0.5, 0.6) is 0 Å². The van der Waals surface area contributed by atoms with Gasteiger partial charge in [0.15, 0.2) is 5.76 Å². The predicted molar refractivity (Wildman–Crippen MR) is 105 cm³/mol. The van der Waals surface area contributed by atoms with E-state index in [1.807, 2.05) is 24.3 Å². The fourth-order valence-electron chi connectivity index (χ4n) is 2.75. The molecule has 0 N–H and O–H groups in total. The summed E-state index contributed by atoms with van der Waals surface area (Å²) in [4.78, 5) is 17.3. The Morgan fingerprint density at radius 2 is 1.85 bits per heavy atom. The van der Waals surface area contributed by atoms with Crippen molar-refractivity contribution in [1.29, 1.82) is 0 Å². The molecule has 0 spiro atoms. The molecule has 0 aliphatic heterocycles. The standard InChI is InChI=1S/C21H13Cl2NO3/c22-16-8-7-13(10-17(16)23)12-27-21(25)15-11-19(20-6-3-9-26-20)24-18-5-2-1-4-14(15)18/h1-11H,12H2. The van der Waals surface area contributed by atoms with Gasteiger partial charge in [-0.1, -0.05) is 47.5 Å². The third-order valence-electron chi connectivity index (χ3n) is 4.06. The Morgan fingerprint density at radius 1 is 1.00 bits per heavy atom. The number of rotatable bonds is 4. The van der Waals surface area contributed by atoms with Gasteiger partial charge in [0.1, 0.15) is 12.3 Å². The molecule has 4 rings (SSSR count). The Kier molecular flexibility index (Phi) is 4.84. The molecule has 0 saturated carbocycles. The lowest BCUT2D eigenvalue weighted by Gasteiger charge is -2.10. The van der Waals surface area contributed by atoms with Gasteiger partial charge < -0.3 is 9.15 Å². The quantitative estimate of drug-likeness (QED) is 0.387. The maximum absolute atomic E-state index is 12.8. The average Bonchev–Trinajstić information content (AvgIpc) is 3.22. The first kappa shape index (κ1) is 17.6. The van der Waals surface area contributed by atoms with Crippen molar-refractivity contribution in [3.63, 3.8) is 0 Å². The second-order valence-electron chi connectivity index (χ2n) is 5.87. The largest absolute Gasteiger partial charge is 0.463 e. The lowest BCUT2D eigenvalue weighted by molar-refractivity contribution is 0.0475. The van der Waals surface area contributed by atoms with Crippen LogP contribution in [0.2, 0.25) is 10.0 Å². The van der Waals surface area contributed by atoms with E-state index in [-0.39, 0.29) is 6.61 Å². The normalized spacial score (nSPS) is 10.9. The van der Waals surface area contributed by atoms with Gasteiger partial charge in [-0.2, -0.15) is 0 Å². The van der Waals surface area contributed by atoms with Crippen LogP contribution < -0.4 is 0 Å². The first-order chi connectivity index (χ1) is 13.1. The molecule has 0 amide bonds. The Hall–Kier alpha value is -2.82. The third-order valence-corrected chi connectivity index (χ3v) is 4.80. The molecule has 0 aliphatic carbocycles. The van der Waals surface area contributed by atoms with Crippen molar-refractivity contribution in [2.45, 2.75) is 6.61 Å². The minimum absolute atomic E-state index is 0.0858. The van der Waals surface area contributed by atoms with Crippen molar-refractivity contribution in [2.75, 3.05) is 0 Å². The van der Waals surface area contributed by atoms with Crippen LogP contribution in [0.25, 0.3) is 22.4 Å². The molecule has 2 aromatic carbocycles. The van der Waals surface area contributed by atoms with Crippen LogP contribution in [0.15, 0.2) is 71.3 Å². The topological polar surface area (TPSA) is 52.3 Å². The van der Waals surface area contributed by atoms with Crippen molar-refractivity contribution < 1.29 is 13.9 Å². The molecule has 4 nitrogen and oxygen atoms in total. The highest BCUT2D eigenvalue weighted by Gasteiger charge is 2.16. The van der Waals surface area contributed by atoms with Crippen molar-refractivity contribution in [1.82, 2.24) is 4.98 Å². The van der Waals surface area contributed by atoms with E-state index in [4.69, 9.17) is 32.4 Å². The molecule has 2 heterocycles. The monoisotopic (exact) mass is 397 g/mol. The number of carbonyl (C=O) groups excluding carboxylic acids is 1. The summed E-state index contributed by atoms with van der Waals surface area (Å²) in [5.41, 5.74) is 2.43. The highest BCUT2D eigenvalue weighted by atomic mass is 35.5. The smallest absolute Gasteiger partial charge is 0.339 e. The molecule has 27 heavy (non-hydrogen) atoms. The van der Waals surface area contributed by atoms with Crippen molar-refractivity contribution in [3.8, 4) is 11.5 Å². The van der Waals surface area contributed by atoms with Gasteiger partial charge in [-0.3, -0.25) is 0 Å². The zero-order chi connectivity index (χ0) is 18.8. The van der Waals surface area contributed by atoms with E-state index < -0.39 is 5.97 Å². The van der Waals surface area contributed by atoms with Crippen LogP contribution in [-0.2, 0) is 11.3 Å². The number of carbonyl (C=O) groups is 1. The molecule has 4 aromatic rings. The first-order valence-electron chi connectivity index (χ1n) is 8.16. The van der Waals surface area contributed by atoms with Gasteiger partial charge in [-0.25, -0.2) is 9.78 Å². The molecule has 0 saturated heterocycles. The van der Waals surface area contributed by atoms with E-state index in [1.165, 1.54) is 0 Å². The lowest BCUT2D eigenvalue weighted by Crippen LogP contribution is -2.07. The number of pyridine rings is 1. The number of hydrogen-bond acceptors (Lipinski definition) is 4. The van der Waals surface area contributed by atoms with Gasteiger partial charge in [-0.05, 0) is 42.0 Å². The molecule has 0 aliphatic rings. The fourth-order valence-corrected chi connectivity index (χ4v) is 3.07. The summed E-state index contributed by atoms with van der Waals surface area (Å²) in [5, 5.41) is 1.58. The number of para-hydroxylation sites is 1. The highest BCUT2D eigenvalue weighted by Crippen LogP contribution is 2.27. The zero-order valence-electron chi connectivity index (χ0n) is 14.0. The second kappa shape index (κ2) is 7.43. The van der Waals surface area contributed by atoms with E-state index in [2.05, 4.69) is 4.98 Å². The van der Waals surface area contributed by atoms with Gasteiger partial charge in [0.05, 0.1) is 27.4 Å². The maximum atomic E-state index is 12.8. The number of nitrogens with zero attached hydrogens (tertiary/aromatic N) is 1. The van der Waals surface area contributed by atoms with Gasteiger partial charge in [-0.15, -0.1) is 0 Å². The molecule has 2 aromatic heterocycles. The first-order valence-corrected chi connectivity index (χ1v) is 8.92. The molecular weight excluding hydrogens is 385 g/mol. The van der Waals surface area contributed by atoms with Gasteiger partial charge in [0.25, 0.3) is 0 Å². The fraction of sp³-hybridized carbons (Fsp3) is 0.0476. The Labute approximate surface area is 165 Å². The summed E-state index contributed by atoms with van der Waals surface area (Å²) in [6.07, 6.45) is 1.56. The Balaban J connectivity index is 1.67. The average molecular weight is 398 g/mol. The molecule has 0 radical (unpaired) electrons. The SMILES string of the molecule is O=C(OCc1ccc(Cl)c(Cl)c1)c1cc(-c2ccco2)nc2ccccc12. The number of esters is 1. The van der Waals surface area contributed by atoms with Crippen LogP contribution in [0.3, 0.4) is 0 Å². The molecule has 0 unspecified atom stereocenters. The van der Waals surface area contributed by atoms with Gasteiger partial charge in [0.2, 0.25) is 0 Å². The molecule has 0 fully saturated rings. The van der Waals surface area contributed by atoms with Gasteiger partial charge in [0, 0.05) is 5.39 Å². The summed E-state index contributed by atoms with van der Waals surface area (Å²) in [6.45, 7) is 0.0858. The lowest BCUT2D eigenvalue weighted by atomic mass is 10.1. The van der Waals surface area contributed by atoms with E-state index in [9.17, 15) is 4.79 Å². The number of halogens is 2. The number of benzene rings is 2. The van der Waals surface area contributed by atoms with Crippen LogP contribution >= 0.6 is 23.2 Å². The predicted octanol–water partition coefficient (Wildman–Crippen LogP) is 6.16. The molecule has 0 bridgehead atoms. The second-order valence-corrected chi connectivity index (χ2v) is 6.69. The summed E-state index contributed by atoms with van der Waals surface area (Å²) >= 11 is 11.9. The van der Waals surface area contributed by atoms with Crippen LogP contribution in [0.4, 0.5) is 0 Å². The number of fused-ring (bicyclic) bond motifs is 1. The summed E-state index contributed by atoms with van der Waals surface area (Å²) < 4.78 is 10.9. The number of ether oxygens (including phenoxy) is 1. The van der Waals surface area contributed by atoms with Crippen LogP contribution in [0, 0.1) is 0 Å². The van der Waals surface area contributed by atoms with Crippen molar-refractivity contribution in [2.24, 2.45) is 0 Å². The molecule has 6 heteroatoms. The molecular formula is C21H13Cl2NO3. The number of furan rings is 1. The third kappa shape index (κ3) is 3.68. The Morgan fingerprint density at radius 3 is 2.63 bits per heavy atom. The minimum Gasteiger partial charge on any atom is -0.463 e. The molecule has 0 atom stereocenters. The maximum Gasteiger partial charge on any atom is 0.339 e. The summed E-state index contributed by atoms with van der Waals surface area (Å²) in [7, 11) is 0. The minimum atomic E-state index is -0.451. The van der Waals surface area contributed by atoms with E-state index >= 15 is 0 Å². The summed E-state index contributed by atoms with van der Waals surface area (Å²) in [6, 6.07) is 17.8.